The lowest BCUT2D eigenvalue weighted by molar-refractivity contribution is 0.110. The quantitative estimate of drug-likeness (QED) is 0.865. The van der Waals surface area contributed by atoms with Crippen LogP contribution in [0.1, 0.15) is 25.3 Å². The van der Waals surface area contributed by atoms with E-state index in [9.17, 15) is 9.50 Å². The molecule has 1 aliphatic heterocycles. The molecule has 2 N–H and O–H groups in total. The number of aliphatic hydroxyl groups is 2. The number of halogens is 1. The van der Waals surface area contributed by atoms with E-state index < -0.39 is 0 Å². The second kappa shape index (κ2) is 5.67. The Hall–Kier alpha value is -1.13. The molecule has 1 heterocycles. The summed E-state index contributed by atoms with van der Waals surface area (Å²) in [5.74, 6) is 0.0290. The number of nitrogens with zero attached hydrogens (tertiary/aromatic N) is 1. The molecule has 18 heavy (non-hydrogen) atoms. The van der Waals surface area contributed by atoms with Gasteiger partial charge in [0.15, 0.2) is 0 Å². The van der Waals surface area contributed by atoms with Crippen molar-refractivity contribution in [1.82, 2.24) is 0 Å². The molecule has 3 nitrogen and oxygen atoms in total. The Morgan fingerprint density at radius 2 is 2.00 bits per heavy atom. The Bertz CT molecular complexity index is 401. The Kier molecular flexibility index (Phi) is 4.19. The van der Waals surface area contributed by atoms with E-state index in [1.165, 1.54) is 12.1 Å². The number of piperidine rings is 1. The van der Waals surface area contributed by atoms with Crippen LogP contribution in [0.2, 0.25) is 0 Å². The van der Waals surface area contributed by atoms with Gasteiger partial charge in [0.05, 0.1) is 12.7 Å². The summed E-state index contributed by atoms with van der Waals surface area (Å²) in [7, 11) is 0. The molecule has 1 aliphatic rings. The van der Waals surface area contributed by atoms with Crippen molar-refractivity contribution in [3.05, 3.63) is 29.6 Å². The normalized spacial score (nSPS) is 19.0. The van der Waals surface area contributed by atoms with Gasteiger partial charge in [0, 0.05) is 18.8 Å². The van der Waals surface area contributed by atoms with Crippen molar-refractivity contribution in [2.24, 2.45) is 5.92 Å². The number of rotatable bonds is 3. The van der Waals surface area contributed by atoms with Crippen LogP contribution in [0.5, 0.6) is 0 Å². The van der Waals surface area contributed by atoms with Gasteiger partial charge in [0.25, 0.3) is 0 Å². The topological polar surface area (TPSA) is 43.7 Å². The van der Waals surface area contributed by atoms with Crippen LogP contribution in [0.4, 0.5) is 10.1 Å². The van der Waals surface area contributed by atoms with Crippen LogP contribution in [0.25, 0.3) is 0 Å². The predicted molar refractivity (Wildman–Crippen MR) is 68.9 cm³/mol. The summed E-state index contributed by atoms with van der Waals surface area (Å²) in [4.78, 5) is 2.11. The fourth-order valence-electron chi connectivity index (χ4n) is 2.55. The zero-order valence-electron chi connectivity index (χ0n) is 10.6. The Morgan fingerprint density at radius 3 is 2.56 bits per heavy atom. The SMILES string of the molecule is CC(O)C1CCN(c2cc(F)cc(CO)c2)CC1. The molecule has 0 amide bonds. The summed E-state index contributed by atoms with van der Waals surface area (Å²) in [5, 5.41) is 18.6. The first kappa shape index (κ1) is 13.3. The molecule has 0 saturated carbocycles. The number of aliphatic hydroxyl groups excluding tert-OH is 2. The highest BCUT2D eigenvalue weighted by Crippen LogP contribution is 2.26. The Morgan fingerprint density at radius 1 is 1.33 bits per heavy atom. The van der Waals surface area contributed by atoms with Gasteiger partial charge in [-0.1, -0.05) is 0 Å². The lowest BCUT2D eigenvalue weighted by Crippen LogP contribution is -2.37. The van der Waals surface area contributed by atoms with Crippen molar-refractivity contribution >= 4 is 5.69 Å². The highest BCUT2D eigenvalue weighted by molar-refractivity contribution is 5.49. The fraction of sp³-hybridized carbons (Fsp3) is 0.571. The summed E-state index contributed by atoms with van der Waals surface area (Å²) >= 11 is 0. The molecule has 2 rings (SSSR count). The van der Waals surface area contributed by atoms with E-state index in [0.717, 1.165) is 31.6 Å². The number of benzene rings is 1. The largest absolute Gasteiger partial charge is 0.393 e. The molecule has 1 fully saturated rings. The van der Waals surface area contributed by atoms with Crippen LogP contribution >= 0.6 is 0 Å². The van der Waals surface area contributed by atoms with E-state index in [1.54, 1.807) is 0 Å². The zero-order valence-corrected chi connectivity index (χ0v) is 10.6. The Balaban J connectivity index is 2.07. The van der Waals surface area contributed by atoms with Crippen molar-refractivity contribution in [1.29, 1.82) is 0 Å². The fourth-order valence-corrected chi connectivity index (χ4v) is 2.55. The monoisotopic (exact) mass is 253 g/mol. The minimum atomic E-state index is -0.311. The van der Waals surface area contributed by atoms with Crippen LogP contribution in [-0.4, -0.2) is 29.4 Å². The summed E-state index contributed by atoms with van der Waals surface area (Å²) < 4.78 is 13.4. The molecule has 0 radical (unpaired) electrons. The van der Waals surface area contributed by atoms with Crippen molar-refractivity contribution in [3.63, 3.8) is 0 Å². The standard InChI is InChI=1S/C14H20FNO2/c1-10(18)12-2-4-16(5-3-12)14-7-11(9-17)6-13(15)8-14/h6-8,10,12,17-18H,2-5,9H2,1H3. The van der Waals surface area contributed by atoms with E-state index in [0.29, 0.717) is 11.5 Å². The minimum Gasteiger partial charge on any atom is -0.393 e. The average molecular weight is 253 g/mol. The summed E-state index contributed by atoms with van der Waals surface area (Å²) in [5.41, 5.74) is 1.42. The second-order valence-corrected chi connectivity index (χ2v) is 5.04. The lowest BCUT2D eigenvalue weighted by Gasteiger charge is -2.35. The molecule has 0 aliphatic carbocycles. The third-order valence-electron chi connectivity index (χ3n) is 3.71. The molecular formula is C14H20FNO2. The van der Waals surface area contributed by atoms with E-state index in [4.69, 9.17) is 5.11 Å². The molecule has 100 valence electrons. The lowest BCUT2D eigenvalue weighted by atomic mass is 9.92. The van der Waals surface area contributed by atoms with Gasteiger partial charge in [-0.2, -0.15) is 0 Å². The van der Waals surface area contributed by atoms with Gasteiger partial charge >= 0.3 is 0 Å². The molecule has 0 aromatic heterocycles. The smallest absolute Gasteiger partial charge is 0.125 e. The van der Waals surface area contributed by atoms with Gasteiger partial charge in [0.2, 0.25) is 0 Å². The van der Waals surface area contributed by atoms with E-state index in [1.807, 2.05) is 13.0 Å². The molecule has 1 aromatic carbocycles. The van der Waals surface area contributed by atoms with Gasteiger partial charge in [0.1, 0.15) is 5.82 Å². The maximum atomic E-state index is 13.4. The molecule has 0 bridgehead atoms. The molecule has 1 atom stereocenters. The predicted octanol–water partition coefficient (Wildman–Crippen LogP) is 1.92. The van der Waals surface area contributed by atoms with Gasteiger partial charge in [-0.25, -0.2) is 4.39 Å². The maximum Gasteiger partial charge on any atom is 0.125 e. The zero-order chi connectivity index (χ0) is 13.1. The van der Waals surface area contributed by atoms with Crippen molar-refractivity contribution in [2.75, 3.05) is 18.0 Å². The molecular weight excluding hydrogens is 233 g/mol. The number of hydrogen-bond donors (Lipinski definition) is 2. The highest BCUT2D eigenvalue weighted by Gasteiger charge is 2.23. The molecule has 1 saturated heterocycles. The van der Waals surface area contributed by atoms with Crippen LogP contribution in [0.15, 0.2) is 18.2 Å². The Labute approximate surface area is 107 Å². The first-order valence-corrected chi connectivity index (χ1v) is 6.43. The van der Waals surface area contributed by atoms with E-state index >= 15 is 0 Å². The van der Waals surface area contributed by atoms with Crippen molar-refractivity contribution in [2.45, 2.75) is 32.5 Å². The van der Waals surface area contributed by atoms with Gasteiger partial charge in [-0.15, -0.1) is 0 Å². The highest BCUT2D eigenvalue weighted by atomic mass is 19.1. The van der Waals surface area contributed by atoms with Gasteiger partial charge in [-0.3, -0.25) is 0 Å². The first-order chi connectivity index (χ1) is 8.60. The summed E-state index contributed by atoms with van der Waals surface area (Å²) in [6.45, 7) is 3.33. The molecule has 4 heteroatoms. The van der Waals surface area contributed by atoms with Crippen LogP contribution in [0.3, 0.4) is 0 Å². The third-order valence-corrected chi connectivity index (χ3v) is 3.71. The van der Waals surface area contributed by atoms with Crippen LogP contribution in [-0.2, 0) is 6.61 Å². The van der Waals surface area contributed by atoms with Crippen molar-refractivity contribution in [3.8, 4) is 0 Å². The van der Waals surface area contributed by atoms with Crippen LogP contribution < -0.4 is 4.90 Å². The number of hydrogen-bond acceptors (Lipinski definition) is 3. The molecule has 1 unspecified atom stereocenters. The van der Waals surface area contributed by atoms with E-state index in [2.05, 4.69) is 4.90 Å². The third kappa shape index (κ3) is 3.00. The van der Waals surface area contributed by atoms with Gasteiger partial charge in [-0.05, 0) is 49.4 Å². The van der Waals surface area contributed by atoms with Crippen LogP contribution in [0, 0.1) is 11.7 Å². The second-order valence-electron chi connectivity index (χ2n) is 5.04. The number of anilines is 1. The molecule has 1 aromatic rings. The average Bonchev–Trinajstić information content (AvgIpc) is 2.38. The minimum absolute atomic E-state index is 0.144. The van der Waals surface area contributed by atoms with Gasteiger partial charge < -0.3 is 15.1 Å². The first-order valence-electron chi connectivity index (χ1n) is 6.43. The summed E-state index contributed by atoms with van der Waals surface area (Å²) in [6.07, 6.45) is 1.57. The van der Waals surface area contributed by atoms with Crippen molar-refractivity contribution < 1.29 is 14.6 Å². The summed E-state index contributed by atoms with van der Waals surface area (Å²) in [6, 6.07) is 4.68. The molecule has 0 spiro atoms. The maximum absolute atomic E-state index is 13.4. The van der Waals surface area contributed by atoms with E-state index in [-0.39, 0.29) is 18.5 Å².